The summed E-state index contributed by atoms with van der Waals surface area (Å²) in [5.41, 5.74) is 1.93. The van der Waals surface area contributed by atoms with Gasteiger partial charge in [-0.3, -0.25) is 0 Å². The van der Waals surface area contributed by atoms with Crippen molar-refractivity contribution >= 4 is 11.8 Å². The zero-order chi connectivity index (χ0) is 13.0. The van der Waals surface area contributed by atoms with E-state index in [1.54, 1.807) is 19.2 Å². The molecule has 1 aromatic rings. The number of pyridine rings is 1. The minimum absolute atomic E-state index is 0.314. The van der Waals surface area contributed by atoms with E-state index in [0.717, 1.165) is 25.3 Å². The van der Waals surface area contributed by atoms with Gasteiger partial charge in [0.25, 0.3) is 0 Å². The Hall–Kier alpha value is -1.84. The highest BCUT2D eigenvalue weighted by Crippen LogP contribution is 2.17. The molecule has 0 radical (unpaired) electrons. The van der Waals surface area contributed by atoms with Gasteiger partial charge in [0, 0.05) is 19.3 Å². The molecule has 0 aliphatic carbocycles. The van der Waals surface area contributed by atoms with Crippen LogP contribution in [0.1, 0.15) is 30.6 Å². The van der Waals surface area contributed by atoms with Crippen molar-refractivity contribution in [2.45, 2.75) is 20.3 Å². The molecule has 1 aliphatic rings. The molecule has 0 bridgehead atoms. The number of aromatic nitrogens is 1. The molecular formula is C14H18N2O2. The zero-order valence-corrected chi connectivity index (χ0v) is 10.8. The highest BCUT2D eigenvalue weighted by Gasteiger charge is 2.12. The molecule has 0 atom stereocenters. The van der Waals surface area contributed by atoms with E-state index < -0.39 is 0 Å². The summed E-state index contributed by atoms with van der Waals surface area (Å²) in [6.07, 6.45) is 4.87. The lowest BCUT2D eigenvalue weighted by Gasteiger charge is -2.26. The maximum atomic E-state index is 11.5. The second-order valence-corrected chi connectivity index (χ2v) is 4.37. The molecular weight excluding hydrogens is 228 g/mol. The van der Waals surface area contributed by atoms with E-state index in [-0.39, 0.29) is 5.97 Å². The lowest BCUT2D eigenvalue weighted by molar-refractivity contribution is 0.0526. The largest absolute Gasteiger partial charge is 0.462 e. The predicted molar refractivity (Wildman–Crippen MR) is 70.8 cm³/mol. The Labute approximate surface area is 107 Å². The Bertz CT molecular complexity index is 451. The van der Waals surface area contributed by atoms with E-state index in [9.17, 15) is 4.79 Å². The van der Waals surface area contributed by atoms with E-state index in [1.807, 2.05) is 6.07 Å². The first kappa shape index (κ1) is 12.6. The third-order valence-corrected chi connectivity index (χ3v) is 3.02. The monoisotopic (exact) mass is 246 g/mol. The summed E-state index contributed by atoms with van der Waals surface area (Å²) in [5.74, 6) is 0.595. The molecule has 0 spiro atoms. The smallest absolute Gasteiger partial charge is 0.339 e. The minimum Gasteiger partial charge on any atom is -0.462 e. The van der Waals surface area contributed by atoms with Gasteiger partial charge in [-0.1, -0.05) is 11.6 Å². The Morgan fingerprint density at radius 3 is 2.89 bits per heavy atom. The average Bonchev–Trinajstić information content (AvgIpc) is 2.40. The number of carbonyl (C=O) groups is 1. The molecule has 0 amide bonds. The molecule has 96 valence electrons. The van der Waals surface area contributed by atoms with Crippen molar-refractivity contribution in [3.8, 4) is 0 Å². The number of carbonyl (C=O) groups excluding carboxylic acids is 1. The van der Waals surface area contributed by atoms with Crippen molar-refractivity contribution in [3.05, 3.63) is 35.5 Å². The third kappa shape index (κ3) is 2.88. The molecule has 1 aliphatic heterocycles. The van der Waals surface area contributed by atoms with Gasteiger partial charge in [0.15, 0.2) is 0 Å². The molecule has 1 aromatic heterocycles. The van der Waals surface area contributed by atoms with E-state index in [0.29, 0.717) is 12.2 Å². The second kappa shape index (κ2) is 5.67. The van der Waals surface area contributed by atoms with Crippen LogP contribution in [0.15, 0.2) is 30.0 Å². The first-order valence-electron chi connectivity index (χ1n) is 6.24. The minimum atomic E-state index is -0.314. The summed E-state index contributed by atoms with van der Waals surface area (Å²) in [5, 5.41) is 0. The van der Waals surface area contributed by atoms with Crippen LogP contribution in [0.4, 0.5) is 5.82 Å². The number of ether oxygens (including phenoxy) is 1. The molecule has 2 rings (SSSR count). The SMILES string of the molecule is CCOC(=O)c1ccc(N2CC=C(C)CC2)nc1. The molecule has 0 saturated carbocycles. The van der Waals surface area contributed by atoms with Gasteiger partial charge >= 0.3 is 5.97 Å². The first-order chi connectivity index (χ1) is 8.70. The molecule has 4 nitrogen and oxygen atoms in total. The van der Waals surface area contributed by atoms with Crippen molar-refractivity contribution in [1.29, 1.82) is 0 Å². The molecule has 0 unspecified atom stereocenters. The highest BCUT2D eigenvalue weighted by molar-refractivity contribution is 5.89. The Kier molecular flexibility index (Phi) is 3.97. The molecule has 18 heavy (non-hydrogen) atoms. The maximum Gasteiger partial charge on any atom is 0.339 e. The van der Waals surface area contributed by atoms with Crippen LogP contribution in [0.3, 0.4) is 0 Å². The highest BCUT2D eigenvalue weighted by atomic mass is 16.5. The van der Waals surface area contributed by atoms with Crippen LogP contribution in [0.2, 0.25) is 0 Å². The molecule has 0 fully saturated rings. The number of esters is 1. The number of hydrogen-bond donors (Lipinski definition) is 0. The Balaban J connectivity index is 2.06. The number of rotatable bonds is 3. The quantitative estimate of drug-likeness (QED) is 0.606. The molecule has 0 saturated heterocycles. The lowest BCUT2D eigenvalue weighted by Crippen LogP contribution is -2.28. The Morgan fingerprint density at radius 1 is 1.50 bits per heavy atom. The topological polar surface area (TPSA) is 42.4 Å². The zero-order valence-electron chi connectivity index (χ0n) is 10.8. The van der Waals surface area contributed by atoms with Crippen LogP contribution in [0.5, 0.6) is 0 Å². The lowest BCUT2D eigenvalue weighted by atomic mass is 10.1. The maximum absolute atomic E-state index is 11.5. The Morgan fingerprint density at radius 2 is 2.33 bits per heavy atom. The average molecular weight is 246 g/mol. The summed E-state index contributed by atoms with van der Waals surface area (Å²) in [4.78, 5) is 18.0. The predicted octanol–water partition coefficient (Wildman–Crippen LogP) is 2.41. The van der Waals surface area contributed by atoms with E-state index in [1.165, 1.54) is 5.57 Å². The van der Waals surface area contributed by atoms with Gasteiger partial charge in [0.05, 0.1) is 12.2 Å². The normalized spacial score (nSPS) is 15.2. The van der Waals surface area contributed by atoms with Crippen molar-refractivity contribution in [1.82, 2.24) is 4.98 Å². The van der Waals surface area contributed by atoms with Crippen molar-refractivity contribution in [3.63, 3.8) is 0 Å². The fraction of sp³-hybridized carbons (Fsp3) is 0.429. The number of hydrogen-bond acceptors (Lipinski definition) is 4. The standard InChI is InChI=1S/C14H18N2O2/c1-3-18-14(17)12-4-5-13(15-10-12)16-8-6-11(2)7-9-16/h4-6,10H,3,7-9H2,1-2H3. The fourth-order valence-corrected chi connectivity index (χ4v) is 1.89. The molecule has 4 heteroatoms. The summed E-state index contributed by atoms with van der Waals surface area (Å²) < 4.78 is 4.93. The summed E-state index contributed by atoms with van der Waals surface area (Å²) >= 11 is 0. The van der Waals surface area contributed by atoms with Gasteiger partial charge in [0.2, 0.25) is 0 Å². The van der Waals surface area contributed by atoms with Gasteiger partial charge in [-0.05, 0) is 32.4 Å². The first-order valence-corrected chi connectivity index (χ1v) is 6.24. The van der Waals surface area contributed by atoms with Crippen LogP contribution in [0.25, 0.3) is 0 Å². The summed E-state index contributed by atoms with van der Waals surface area (Å²) in [6.45, 7) is 6.19. The van der Waals surface area contributed by atoms with Gasteiger partial charge in [0.1, 0.15) is 5.82 Å². The van der Waals surface area contributed by atoms with Crippen molar-refractivity contribution < 1.29 is 9.53 Å². The number of nitrogens with zero attached hydrogens (tertiary/aromatic N) is 2. The summed E-state index contributed by atoms with van der Waals surface area (Å²) in [6, 6.07) is 3.65. The van der Waals surface area contributed by atoms with E-state index >= 15 is 0 Å². The number of anilines is 1. The van der Waals surface area contributed by atoms with Gasteiger partial charge in [-0.2, -0.15) is 0 Å². The van der Waals surface area contributed by atoms with Gasteiger partial charge < -0.3 is 9.64 Å². The van der Waals surface area contributed by atoms with Crippen LogP contribution >= 0.6 is 0 Å². The fourth-order valence-electron chi connectivity index (χ4n) is 1.89. The molecule has 2 heterocycles. The van der Waals surface area contributed by atoms with Crippen molar-refractivity contribution in [2.75, 3.05) is 24.6 Å². The van der Waals surface area contributed by atoms with E-state index in [2.05, 4.69) is 22.9 Å². The van der Waals surface area contributed by atoms with Crippen LogP contribution in [-0.2, 0) is 4.74 Å². The van der Waals surface area contributed by atoms with Crippen LogP contribution in [-0.4, -0.2) is 30.6 Å². The third-order valence-electron chi connectivity index (χ3n) is 3.02. The molecule has 0 aromatic carbocycles. The summed E-state index contributed by atoms with van der Waals surface area (Å²) in [7, 11) is 0. The van der Waals surface area contributed by atoms with Gasteiger partial charge in [-0.15, -0.1) is 0 Å². The second-order valence-electron chi connectivity index (χ2n) is 4.37. The van der Waals surface area contributed by atoms with Crippen molar-refractivity contribution in [2.24, 2.45) is 0 Å². The van der Waals surface area contributed by atoms with Crippen LogP contribution in [0, 0.1) is 0 Å². The van der Waals surface area contributed by atoms with Gasteiger partial charge in [-0.25, -0.2) is 9.78 Å². The molecule has 0 N–H and O–H groups in total. The van der Waals surface area contributed by atoms with E-state index in [4.69, 9.17) is 4.74 Å². The van der Waals surface area contributed by atoms with Crippen LogP contribution < -0.4 is 4.90 Å².